The normalized spacial score (nSPS) is 14.4. The Kier molecular flexibility index (Phi) is 9.00. The fraction of sp³-hybridized carbons (Fsp3) is 0.476. The molecule has 2 heterocycles. The molecule has 158 valence electrons. The topological polar surface area (TPSA) is 70.5 Å². The Labute approximate surface area is 180 Å². The van der Waals surface area contributed by atoms with Gasteiger partial charge in [0, 0.05) is 30.2 Å². The van der Waals surface area contributed by atoms with E-state index in [9.17, 15) is 4.79 Å². The van der Waals surface area contributed by atoms with Crippen LogP contribution in [0.4, 0.5) is 0 Å². The number of thiazole rings is 2. The van der Waals surface area contributed by atoms with E-state index in [1.54, 1.807) is 29.8 Å². The zero-order valence-electron chi connectivity index (χ0n) is 17.7. The van der Waals surface area contributed by atoms with Gasteiger partial charge in [0.05, 0.1) is 37.1 Å². The Bertz CT molecular complexity index is 854. The van der Waals surface area contributed by atoms with Gasteiger partial charge >= 0.3 is 5.97 Å². The lowest BCUT2D eigenvalue weighted by molar-refractivity contribution is -0.135. The van der Waals surface area contributed by atoms with Gasteiger partial charge in [0.25, 0.3) is 0 Å². The lowest BCUT2D eigenvalue weighted by atomic mass is 10.0. The summed E-state index contributed by atoms with van der Waals surface area (Å²) < 4.78 is 15.6. The van der Waals surface area contributed by atoms with Crippen LogP contribution in [0.3, 0.4) is 0 Å². The fourth-order valence-electron chi connectivity index (χ4n) is 2.69. The second-order valence-electron chi connectivity index (χ2n) is 6.92. The van der Waals surface area contributed by atoms with Crippen LogP contribution in [0, 0.1) is 11.8 Å². The number of hydrogen-bond acceptors (Lipinski definition) is 8. The molecule has 2 unspecified atom stereocenters. The van der Waals surface area contributed by atoms with E-state index in [1.165, 1.54) is 20.3 Å². The number of rotatable bonds is 10. The van der Waals surface area contributed by atoms with E-state index in [2.05, 4.69) is 28.9 Å². The molecule has 0 saturated carbocycles. The van der Waals surface area contributed by atoms with Crippen molar-refractivity contribution in [2.24, 2.45) is 11.8 Å². The van der Waals surface area contributed by atoms with Crippen molar-refractivity contribution in [3.63, 3.8) is 0 Å². The van der Waals surface area contributed by atoms with Crippen LogP contribution in [0.5, 0.6) is 0 Å². The zero-order chi connectivity index (χ0) is 21.4. The Morgan fingerprint density at radius 1 is 1.10 bits per heavy atom. The van der Waals surface area contributed by atoms with E-state index in [0.717, 1.165) is 27.8 Å². The van der Waals surface area contributed by atoms with Crippen molar-refractivity contribution >= 4 is 34.7 Å². The Morgan fingerprint density at radius 3 is 2.48 bits per heavy atom. The molecule has 0 fully saturated rings. The van der Waals surface area contributed by atoms with Gasteiger partial charge < -0.3 is 14.2 Å². The molecule has 0 aliphatic rings. The number of carbonyl (C=O) groups excluding carboxylic acids is 1. The van der Waals surface area contributed by atoms with Crippen molar-refractivity contribution in [1.82, 2.24) is 9.97 Å². The molecule has 0 radical (unpaired) electrons. The first kappa shape index (κ1) is 23.3. The average molecular weight is 437 g/mol. The van der Waals surface area contributed by atoms with E-state index in [4.69, 9.17) is 14.5 Å². The van der Waals surface area contributed by atoms with Gasteiger partial charge in [-0.15, -0.1) is 22.7 Å². The van der Waals surface area contributed by atoms with Crippen LogP contribution in [0.25, 0.3) is 16.8 Å². The van der Waals surface area contributed by atoms with E-state index in [1.807, 2.05) is 24.5 Å². The monoisotopic (exact) mass is 436 g/mol. The second-order valence-corrected chi connectivity index (χ2v) is 8.72. The van der Waals surface area contributed by atoms with E-state index < -0.39 is 5.97 Å². The van der Waals surface area contributed by atoms with Gasteiger partial charge in [-0.3, -0.25) is 0 Å². The SMILES string of the molecule is COC(=O)C=C(OC)C(C)C(C=Cc1csc(-c2csc(CC(C)C)n2)n1)OC. The minimum Gasteiger partial charge on any atom is -0.500 e. The molecule has 2 rings (SSSR count). The Morgan fingerprint density at radius 2 is 1.86 bits per heavy atom. The van der Waals surface area contributed by atoms with Crippen LogP contribution in [-0.2, 0) is 25.4 Å². The summed E-state index contributed by atoms with van der Waals surface area (Å²) >= 11 is 3.25. The third-order valence-corrected chi connectivity index (χ3v) is 6.00. The van der Waals surface area contributed by atoms with Crippen LogP contribution in [0.15, 0.2) is 28.7 Å². The predicted molar refractivity (Wildman–Crippen MR) is 118 cm³/mol. The summed E-state index contributed by atoms with van der Waals surface area (Å²) in [5, 5.41) is 6.10. The fourth-order valence-corrected chi connectivity index (χ4v) is 4.50. The summed E-state index contributed by atoms with van der Waals surface area (Å²) in [4.78, 5) is 20.9. The number of aromatic nitrogens is 2. The molecule has 0 aliphatic carbocycles. The van der Waals surface area contributed by atoms with Crippen LogP contribution in [-0.4, -0.2) is 43.4 Å². The molecular weight excluding hydrogens is 408 g/mol. The highest BCUT2D eigenvalue weighted by Crippen LogP contribution is 2.27. The Balaban J connectivity index is 2.11. The zero-order valence-corrected chi connectivity index (χ0v) is 19.3. The van der Waals surface area contributed by atoms with E-state index in [-0.39, 0.29) is 12.0 Å². The summed E-state index contributed by atoms with van der Waals surface area (Å²) in [5.41, 5.74) is 1.77. The first-order chi connectivity index (χ1) is 13.9. The van der Waals surface area contributed by atoms with Crippen LogP contribution < -0.4 is 0 Å². The lowest BCUT2D eigenvalue weighted by Gasteiger charge is -2.21. The van der Waals surface area contributed by atoms with Gasteiger partial charge in [-0.05, 0) is 12.0 Å². The molecule has 8 heteroatoms. The molecule has 0 spiro atoms. The molecule has 0 aromatic carbocycles. The molecule has 6 nitrogen and oxygen atoms in total. The maximum Gasteiger partial charge on any atom is 0.333 e. The average Bonchev–Trinajstić information content (AvgIpc) is 3.35. The van der Waals surface area contributed by atoms with Gasteiger partial charge in [0.1, 0.15) is 16.5 Å². The van der Waals surface area contributed by atoms with E-state index in [0.29, 0.717) is 11.7 Å². The quantitative estimate of drug-likeness (QED) is 0.302. The molecule has 0 saturated heterocycles. The smallest absolute Gasteiger partial charge is 0.333 e. The molecular formula is C21H28N2O4S2. The van der Waals surface area contributed by atoms with Crippen molar-refractivity contribution in [3.05, 3.63) is 39.4 Å². The maximum absolute atomic E-state index is 11.5. The molecule has 0 amide bonds. The number of carbonyl (C=O) groups is 1. The van der Waals surface area contributed by atoms with Crippen molar-refractivity contribution in [2.75, 3.05) is 21.3 Å². The van der Waals surface area contributed by atoms with Crippen molar-refractivity contribution in [3.8, 4) is 10.7 Å². The van der Waals surface area contributed by atoms with Crippen molar-refractivity contribution < 1.29 is 19.0 Å². The van der Waals surface area contributed by atoms with Gasteiger partial charge in [0.2, 0.25) is 0 Å². The highest BCUT2D eigenvalue weighted by atomic mass is 32.1. The predicted octanol–water partition coefficient (Wildman–Crippen LogP) is 4.83. The highest BCUT2D eigenvalue weighted by Gasteiger charge is 2.20. The third-order valence-electron chi connectivity index (χ3n) is 4.24. The standard InChI is InChI=1S/C21H28N2O4S2/c1-13(2)9-19-23-16(12-28-19)21-22-15(11-29-21)7-8-17(25-4)14(3)18(26-5)10-20(24)27-6/h7-8,10-14,17H,9H2,1-6H3. The number of hydrogen-bond donors (Lipinski definition) is 0. The molecule has 29 heavy (non-hydrogen) atoms. The largest absolute Gasteiger partial charge is 0.500 e. The minimum absolute atomic E-state index is 0.171. The number of methoxy groups -OCH3 is 3. The molecule has 0 bridgehead atoms. The number of ether oxygens (including phenoxy) is 3. The summed E-state index contributed by atoms with van der Waals surface area (Å²) in [6, 6.07) is 0. The Hall–Kier alpha value is -2.03. The van der Waals surface area contributed by atoms with Crippen LogP contribution in [0.1, 0.15) is 31.5 Å². The number of nitrogens with zero attached hydrogens (tertiary/aromatic N) is 2. The highest BCUT2D eigenvalue weighted by molar-refractivity contribution is 7.14. The van der Waals surface area contributed by atoms with Gasteiger partial charge in [-0.25, -0.2) is 14.8 Å². The van der Waals surface area contributed by atoms with Gasteiger partial charge in [-0.2, -0.15) is 0 Å². The van der Waals surface area contributed by atoms with Crippen molar-refractivity contribution in [1.29, 1.82) is 0 Å². The first-order valence-electron chi connectivity index (χ1n) is 9.32. The maximum atomic E-state index is 11.5. The number of esters is 1. The summed E-state index contributed by atoms with van der Waals surface area (Å²) in [6.07, 6.45) is 5.86. The molecule has 2 aromatic heterocycles. The molecule has 2 atom stereocenters. The summed E-state index contributed by atoms with van der Waals surface area (Å²) in [5.74, 6) is 0.446. The lowest BCUT2D eigenvalue weighted by Crippen LogP contribution is -2.21. The first-order valence-corrected chi connectivity index (χ1v) is 11.1. The molecule has 0 aliphatic heterocycles. The van der Waals surface area contributed by atoms with Gasteiger partial charge in [0.15, 0.2) is 0 Å². The molecule has 2 aromatic rings. The minimum atomic E-state index is -0.461. The van der Waals surface area contributed by atoms with Crippen LogP contribution in [0.2, 0.25) is 0 Å². The summed E-state index contributed by atoms with van der Waals surface area (Å²) in [7, 11) is 4.48. The van der Waals surface area contributed by atoms with Crippen molar-refractivity contribution in [2.45, 2.75) is 33.3 Å². The summed E-state index contributed by atoms with van der Waals surface area (Å²) in [6.45, 7) is 6.31. The van der Waals surface area contributed by atoms with Gasteiger partial charge in [-0.1, -0.05) is 26.8 Å². The third kappa shape index (κ3) is 6.76. The molecule has 0 N–H and O–H groups in total. The van der Waals surface area contributed by atoms with Crippen LogP contribution >= 0.6 is 22.7 Å². The van der Waals surface area contributed by atoms with E-state index >= 15 is 0 Å². The second kappa shape index (κ2) is 11.2.